The van der Waals surface area contributed by atoms with Crippen LogP contribution in [0.2, 0.25) is 0 Å². The van der Waals surface area contributed by atoms with Crippen molar-refractivity contribution in [2.75, 3.05) is 13.2 Å². The predicted octanol–water partition coefficient (Wildman–Crippen LogP) is 3.75. The summed E-state index contributed by atoms with van der Waals surface area (Å²) >= 11 is 0. The van der Waals surface area contributed by atoms with Crippen LogP contribution in [0.25, 0.3) is 0 Å². The number of rotatable bonds is 10. The first kappa shape index (κ1) is 22.5. The van der Waals surface area contributed by atoms with E-state index in [0.29, 0.717) is 18.7 Å². The Morgan fingerprint density at radius 2 is 1.69 bits per heavy atom. The van der Waals surface area contributed by atoms with Gasteiger partial charge in [0.25, 0.3) is 5.91 Å². The number of para-hydroxylation sites is 1. The molecule has 0 spiro atoms. The van der Waals surface area contributed by atoms with E-state index in [1.54, 1.807) is 11.8 Å². The van der Waals surface area contributed by atoms with E-state index in [4.69, 9.17) is 4.74 Å². The summed E-state index contributed by atoms with van der Waals surface area (Å²) < 4.78 is 5.74. The van der Waals surface area contributed by atoms with Crippen LogP contribution in [0.5, 0.6) is 5.75 Å². The highest BCUT2D eigenvalue weighted by atomic mass is 16.5. The van der Waals surface area contributed by atoms with Gasteiger partial charge in [0.15, 0.2) is 6.61 Å². The first-order valence-corrected chi connectivity index (χ1v) is 10.2. The van der Waals surface area contributed by atoms with E-state index >= 15 is 0 Å². The molecule has 2 rings (SSSR count). The van der Waals surface area contributed by atoms with Crippen LogP contribution in [0.4, 0.5) is 0 Å². The van der Waals surface area contributed by atoms with Gasteiger partial charge in [-0.25, -0.2) is 0 Å². The minimum atomic E-state index is -0.569. The second-order valence-electron chi connectivity index (χ2n) is 7.37. The molecule has 0 fully saturated rings. The second-order valence-corrected chi connectivity index (χ2v) is 7.37. The molecule has 2 aromatic rings. The van der Waals surface area contributed by atoms with Gasteiger partial charge in [0.05, 0.1) is 0 Å². The molecule has 1 N–H and O–H groups in total. The number of hydrogen-bond acceptors (Lipinski definition) is 3. The van der Waals surface area contributed by atoms with Gasteiger partial charge in [-0.3, -0.25) is 9.59 Å². The van der Waals surface area contributed by atoms with Gasteiger partial charge in [-0.15, -0.1) is 0 Å². The maximum Gasteiger partial charge on any atom is 0.261 e. The Hall–Kier alpha value is -2.82. The van der Waals surface area contributed by atoms with E-state index in [2.05, 4.69) is 5.32 Å². The zero-order valence-electron chi connectivity index (χ0n) is 17.9. The molecule has 5 nitrogen and oxygen atoms in total. The summed E-state index contributed by atoms with van der Waals surface area (Å²) in [7, 11) is 0. The van der Waals surface area contributed by atoms with Crippen LogP contribution < -0.4 is 10.1 Å². The quantitative estimate of drug-likeness (QED) is 0.665. The minimum Gasteiger partial charge on any atom is -0.484 e. The number of ether oxygens (including phenoxy) is 1. The van der Waals surface area contributed by atoms with Crippen molar-refractivity contribution in [3.05, 3.63) is 65.7 Å². The Labute approximate surface area is 174 Å². The third-order valence-corrected chi connectivity index (χ3v) is 5.10. The molecule has 0 heterocycles. The molecule has 0 aliphatic carbocycles. The number of benzene rings is 2. The lowest BCUT2D eigenvalue weighted by Gasteiger charge is -2.29. The summed E-state index contributed by atoms with van der Waals surface area (Å²) in [6.45, 7) is 8.05. The monoisotopic (exact) mass is 396 g/mol. The molecule has 0 saturated heterocycles. The van der Waals surface area contributed by atoms with Gasteiger partial charge in [0.2, 0.25) is 5.91 Å². The molecule has 0 unspecified atom stereocenters. The Morgan fingerprint density at radius 3 is 2.34 bits per heavy atom. The molecule has 2 amide bonds. The maximum atomic E-state index is 13.0. The van der Waals surface area contributed by atoms with Crippen molar-refractivity contribution in [1.29, 1.82) is 0 Å². The van der Waals surface area contributed by atoms with Crippen molar-refractivity contribution >= 4 is 11.8 Å². The standard InChI is InChI=1S/C24H32N2O3/c1-5-19(3)25-24(28)20(4)26(16-15-21-12-7-6-8-13-21)23(27)17-29-22-14-10-9-11-18(22)2/h6-14,19-20H,5,15-17H2,1-4H3,(H,25,28)/t19-,20-/m1/s1. The molecule has 29 heavy (non-hydrogen) atoms. The number of nitrogens with one attached hydrogen (secondary N) is 1. The number of carbonyl (C=O) groups is 2. The Bertz CT molecular complexity index is 792. The van der Waals surface area contributed by atoms with Gasteiger partial charge in [-0.2, -0.15) is 0 Å². The molecule has 0 bridgehead atoms. The normalized spacial score (nSPS) is 12.7. The molecule has 0 radical (unpaired) electrons. The molecule has 2 aromatic carbocycles. The fourth-order valence-corrected chi connectivity index (χ4v) is 2.98. The topological polar surface area (TPSA) is 58.6 Å². The maximum absolute atomic E-state index is 13.0. The Kier molecular flexibility index (Phi) is 8.71. The van der Waals surface area contributed by atoms with Gasteiger partial charge in [-0.1, -0.05) is 55.5 Å². The first-order chi connectivity index (χ1) is 13.9. The fraction of sp³-hybridized carbons (Fsp3) is 0.417. The highest BCUT2D eigenvalue weighted by Crippen LogP contribution is 2.16. The highest BCUT2D eigenvalue weighted by Gasteiger charge is 2.26. The van der Waals surface area contributed by atoms with E-state index in [9.17, 15) is 9.59 Å². The number of hydrogen-bond donors (Lipinski definition) is 1. The smallest absolute Gasteiger partial charge is 0.261 e. The summed E-state index contributed by atoms with van der Waals surface area (Å²) in [5.41, 5.74) is 2.10. The summed E-state index contributed by atoms with van der Waals surface area (Å²) in [5.74, 6) is 0.341. The minimum absolute atomic E-state index is 0.0687. The summed E-state index contributed by atoms with van der Waals surface area (Å²) in [6.07, 6.45) is 1.52. The van der Waals surface area contributed by atoms with Gasteiger partial charge in [0, 0.05) is 12.6 Å². The average molecular weight is 397 g/mol. The third kappa shape index (κ3) is 6.93. The van der Waals surface area contributed by atoms with E-state index in [-0.39, 0.29) is 24.5 Å². The molecule has 0 aliphatic heterocycles. The van der Waals surface area contributed by atoms with Crippen LogP contribution in [0.15, 0.2) is 54.6 Å². The predicted molar refractivity (Wildman–Crippen MR) is 116 cm³/mol. The lowest BCUT2D eigenvalue weighted by atomic mass is 10.1. The van der Waals surface area contributed by atoms with Gasteiger partial charge < -0.3 is 15.0 Å². The number of aryl methyl sites for hydroxylation is 1. The summed E-state index contributed by atoms with van der Waals surface area (Å²) in [6, 6.07) is 17.0. The lowest BCUT2D eigenvalue weighted by Crippen LogP contribution is -2.51. The summed E-state index contributed by atoms with van der Waals surface area (Å²) in [4.78, 5) is 27.2. The molecule has 0 aliphatic rings. The Morgan fingerprint density at radius 1 is 1.03 bits per heavy atom. The average Bonchev–Trinajstić information content (AvgIpc) is 2.73. The van der Waals surface area contributed by atoms with E-state index in [0.717, 1.165) is 17.5 Å². The van der Waals surface area contributed by atoms with Crippen molar-refractivity contribution in [3.8, 4) is 5.75 Å². The van der Waals surface area contributed by atoms with Crippen LogP contribution >= 0.6 is 0 Å². The van der Waals surface area contributed by atoms with Gasteiger partial charge in [0.1, 0.15) is 11.8 Å². The van der Waals surface area contributed by atoms with Gasteiger partial charge >= 0.3 is 0 Å². The molecular weight excluding hydrogens is 364 g/mol. The van der Waals surface area contributed by atoms with Crippen molar-refractivity contribution in [1.82, 2.24) is 10.2 Å². The molecule has 156 valence electrons. The number of amides is 2. The van der Waals surface area contributed by atoms with Crippen LogP contribution in [0.3, 0.4) is 0 Å². The van der Waals surface area contributed by atoms with Crippen molar-refractivity contribution in [3.63, 3.8) is 0 Å². The van der Waals surface area contributed by atoms with E-state index in [1.807, 2.05) is 75.4 Å². The molecule has 5 heteroatoms. The second kappa shape index (κ2) is 11.2. The zero-order chi connectivity index (χ0) is 21.2. The fourth-order valence-electron chi connectivity index (χ4n) is 2.98. The molecule has 2 atom stereocenters. The third-order valence-electron chi connectivity index (χ3n) is 5.10. The van der Waals surface area contributed by atoms with Crippen LogP contribution in [0, 0.1) is 6.92 Å². The SMILES string of the molecule is CC[C@@H](C)NC(=O)[C@@H](C)N(CCc1ccccc1)C(=O)COc1ccccc1C. The molecule has 0 aromatic heterocycles. The van der Waals surface area contributed by atoms with Gasteiger partial charge in [-0.05, 0) is 50.8 Å². The Balaban J connectivity index is 2.08. The zero-order valence-corrected chi connectivity index (χ0v) is 17.9. The van der Waals surface area contributed by atoms with Crippen LogP contribution in [-0.4, -0.2) is 41.9 Å². The number of nitrogens with zero attached hydrogens (tertiary/aromatic N) is 1. The molecular formula is C24H32N2O3. The van der Waals surface area contributed by atoms with Crippen molar-refractivity contribution in [2.24, 2.45) is 0 Å². The first-order valence-electron chi connectivity index (χ1n) is 10.2. The van der Waals surface area contributed by atoms with Crippen molar-refractivity contribution < 1.29 is 14.3 Å². The largest absolute Gasteiger partial charge is 0.484 e. The van der Waals surface area contributed by atoms with Crippen LogP contribution in [0.1, 0.15) is 38.3 Å². The molecule has 0 saturated carbocycles. The summed E-state index contributed by atoms with van der Waals surface area (Å²) in [5, 5.41) is 2.97. The number of carbonyl (C=O) groups excluding carboxylic acids is 2. The van der Waals surface area contributed by atoms with Crippen LogP contribution in [-0.2, 0) is 16.0 Å². The van der Waals surface area contributed by atoms with Crippen molar-refractivity contribution in [2.45, 2.75) is 52.6 Å². The van der Waals surface area contributed by atoms with E-state index < -0.39 is 6.04 Å². The highest BCUT2D eigenvalue weighted by molar-refractivity contribution is 5.88. The van der Waals surface area contributed by atoms with E-state index in [1.165, 1.54) is 0 Å². The lowest BCUT2D eigenvalue weighted by molar-refractivity contribution is -0.141.